The van der Waals surface area contributed by atoms with Crippen molar-refractivity contribution in [3.8, 4) is 0 Å². The van der Waals surface area contributed by atoms with E-state index < -0.39 is 12.0 Å². The minimum absolute atomic E-state index is 0.0506. The zero-order valence-electron chi connectivity index (χ0n) is 11.0. The zero-order valence-corrected chi connectivity index (χ0v) is 11.0. The topological polar surface area (TPSA) is 88.1 Å². The molecule has 7 nitrogen and oxygen atoms in total. The van der Waals surface area contributed by atoms with Gasteiger partial charge in [0, 0.05) is 19.2 Å². The highest BCUT2D eigenvalue weighted by atomic mass is 16.5. The quantitative estimate of drug-likeness (QED) is 0.755. The second-order valence-corrected chi connectivity index (χ2v) is 4.82. The molecule has 1 unspecified atom stereocenters. The van der Waals surface area contributed by atoms with Crippen LogP contribution in [0.25, 0.3) is 0 Å². The standard InChI is InChI=1S/C12H20N2O5/c1-2-19-9-5-8(6-9)13-12(17)14-3-4-18-7-10(14)11(15)16/h8-10H,2-7H2,1H3,(H,13,17)(H,15,16). The molecule has 0 radical (unpaired) electrons. The van der Waals surface area contributed by atoms with Crippen LogP contribution in [0.15, 0.2) is 0 Å². The number of carboxylic acids is 1. The molecule has 1 saturated heterocycles. The Balaban J connectivity index is 1.80. The SMILES string of the molecule is CCOC1CC(NC(=O)N2CCOCC2C(=O)O)C1. The summed E-state index contributed by atoms with van der Waals surface area (Å²) in [4.78, 5) is 24.4. The lowest BCUT2D eigenvalue weighted by molar-refractivity contribution is -0.147. The van der Waals surface area contributed by atoms with Crippen LogP contribution in [0.1, 0.15) is 19.8 Å². The molecule has 2 rings (SSSR count). The van der Waals surface area contributed by atoms with Crippen molar-refractivity contribution in [1.29, 1.82) is 0 Å². The number of hydrogen-bond donors (Lipinski definition) is 2. The molecule has 0 bridgehead atoms. The average molecular weight is 272 g/mol. The Kier molecular flexibility index (Phi) is 4.60. The van der Waals surface area contributed by atoms with Crippen molar-refractivity contribution in [3.05, 3.63) is 0 Å². The van der Waals surface area contributed by atoms with Crippen molar-refractivity contribution in [2.24, 2.45) is 0 Å². The van der Waals surface area contributed by atoms with Crippen LogP contribution in [-0.4, -0.2) is 66.6 Å². The lowest BCUT2D eigenvalue weighted by Gasteiger charge is -2.39. The Hall–Kier alpha value is -1.34. The van der Waals surface area contributed by atoms with E-state index in [1.807, 2.05) is 6.92 Å². The van der Waals surface area contributed by atoms with Gasteiger partial charge in [0.15, 0.2) is 6.04 Å². The first-order valence-electron chi connectivity index (χ1n) is 6.61. The minimum Gasteiger partial charge on any atom is -0.480 e. The number of carbonyl (C=O) groups excluding carboxylic acids is 1. The summed E-state index contributed by atoms with van der Waals surface area (Å²) in [7, 11) is 0. The number of morpholine rings is 1. The fourth-order valence-electron chi connectivity index (χ4n) is 2.36. The normalized spacial score (nSPS) is 30.6. The van der Waals surface area contributed by atoms with Gasteiger partial charge in [0.2, 0.25) is 0 Å². The molecule has 108 valence electrons. The summed E-state index contributed by atoms with van der Waals surface area (Å²) in [6.07, 6.45) is 1.80. The van der Waals surface area contributed by atoms with Crippen LogP contribution in [-0.2, 0) is 14.3 Å². The van der Waals surface area contributed by atoms with Crippen molar-refractivity contribution >= 4 is 12.0 Å². The van der Waals surface area contributed by atoms with E-state index in [0.717, 1.165) is 12.8 Å². The van der Waals surface area contributed by atoms with Crippen molar-refractivity contribution in [2.45, 2.75) is 38.0 Å². The van der Waals surface area contributed by atoms with E-state index in [9.17, 15) is 9.59 Å². The van der Waals surface area contributed by atoms with Gasteiger partial charge in [0.25, 0.3) is 0 Å². The molecule has 1 atom stereocenters. The largest absolute Gasteiger partial charge is 0.480 e. The van der Waals surface area contributed by atoms with E-state index >= 15 is 0 Å². The van der Waals surface area contributed by atoms with Crippen molar-refractivity contribution in [1.82, 2.24) is 10.2 Å². The van der Waals surface area contributed by atoms with Crippen molar-refractivity contribution < 1.29 is 24.2 Å². The van der Waals surface area contributed by atoms with Crippen LogP contribution in [0.4, 0.5) is 4.79 Å². The predicted molar refractivity (Wildman–Crippen MR) is 65.9 cm³/mol. The fraction of sp³-hybridized carbons (Fsp3) is 0.833. The summed E-state index contributed by atoms with van der Waals surface area (Å²) in [5.74, 6) is -1.03. The Labute approximate surface area is 111 Å². The molecular weight excluding hydrogens is 252 g/mol. The van der Waals surface area contributed by atoms with Gasteiger partial charge in [0.1, 0.15) is 0 Å². The van der Waals surface area contributed by atoms with Crippen molar-refractivity contribution in [2.75, 3.05) is 26.4 Å². The third kappa shape index (κ3) is 3.36. The second kappa shape index (κ2) is 6.21. The molecular formula is C12H20N2O5. The fourth-order valence-corrected chi connectivity index (χ4v) is 2.36. The Morgan fingerprint density at radius 1 is 1.47 bits per heavy atom. The predicted octanol–water partition coefficient (Wildman–Crippen LogP) is 0.0489. The smallest absolute Gasteiger partial charge is 0.328 e. The van der Waals surface area contributed by atoms with Crippen LogP contribution >= 0.6 is 0 Å². The maximum absolute atomic E-state index is 12.0. The van der Waals surface area contributed by atoms with Crippen LogP contribution in [0.5, 0.6) is 0 Å². The van der Waals surface area contributed by atoms with Gasteiger partial charge in [-0.1, -0.05) is 0 Å². The maximum Gasteiger partial charge on any atom is 0.328 e. The van der Waals surface area contributed by atoms with Crippen LogP contribution in [0, 0.1) is 0 Å². The Morgan fingerprint density at radius 3 is 2.84 bits per heavy atom. The first-order valence-corrected chi connectivity index (χ1v) is 6.61. The van der Waals surface area contributed by atoms with E-state index in [1.165, 1.54) is 4.90 Å². The molecule has 1 aliphatic carbocycles. The van der Waals surface area contributed by atoms with Gasteiger partial charge in [-0.3, -0.25) is 0 Å². The number of amides is 2. The van der Waals surface area contributed by atoms with Gasteiger partial charge in [0.05, 0.1) is 19.3 Å². The number of nitrogens with one attached hydrogen (secondary N) is 1. The number of carboxylic acid groups (broad SMARTS) is 1. The lowest BCUT2D eigenvalue weighted by atomic mass is 9.89. The number of urea groups is 1. The van der Waals surface area contributed by atoms with E-state index in [0.29, 0.717) is 19.8 Å². The molecule has 2 amide bonds. The molecule has 1 heterocycles. The Morgan fingerprint density at radius 2 is 2.21 bits per heavy atom. The first-order chi connectivity index (χ1) is 9.11. The summed E-state index contributed by atoms with van der Waals surface area (Å²) >= 11 is 0. The van der Waals surface area contributed by atoms with Gasteiger partial charge in [-0.25, -0.2) is 9.59 Å². The molecule has 19 heavy (non-hydrogen) atoms. The van der Waals surface area contributed by atoms with Crippen LogP contribution in [0.2, 0.25) is 0 Å². The summed E-state index contributed by atoms with van der Waals surface area (Å²) in [6, 6.07) is -1.13. The third-order valence-electron chi connectivity index (χ3n) is 3.50. The van der Waals surface area contributed by atoms with E-state index in [2.05, 4.69) is 5.32 Å². The maximum atomic E-state index is 12.0. The highest BCUT2D eigenvalue weighted by Gasteiger charge is 2.36. The monoisotopic (exact) mass is 272 g/mol. The lowest BCUT2D eigenvalue weighted by Crippen LogP contribution is -2.59. The third-order valence-corrected chi connectivity index (χ3v) is 3.50. The molecule has 1 saturated carbocycles. The average Bonchev–Trinajstić information content (AvgIpc) is 2.36. The van der Waals surface area contributed by atoms with Gasteiger partial charge in [-0.05, 0) is 19.8 Å². The summed E-state index contributed by atoms with van der Waals surface area (Å²) in [6.45, 7) is 3.36. The van der Waals surface area contributed by atoms with Crippen LogP contribution in [0.3, 0.4) is 0 Å². The van der Waals surface area contributed by atoms with Crippen molar-refractivity contribution in [3.63, 3.8) is 0 Å². The van der Waals surface area contributed by atoms with E-state index in [-0.39, 0.29) is 24.8 Å². The number of carbonyl (C=O) groups is 2. The summed E-state index contributed by atoms with van der Waals surface area (Å²) in [5, 5.41) is 11.9. The van der Waals surface area contributed by atoms with Gasteiger partial charge < -0.3 is 24.8 Å². The van der Waals surface area contributed by atoms with Gasteiger partial charge >= 0.3 is 12.0 Å². The van der Waals surface area contributed by atoms with Gasteiger partial charge in [-0.2, -0.15) is 0 Å². The molecule has 7 heteroatoms. The zero-order chi connectivity index (χ0) is 13.8. The molecule has 1 aliphatic heterocycles. The summed E-state index contributed by atoms with van der Waals surface area (Å²) < 4.78 is 10.5. The number of ether oxygens (including phenoxy) is 2. The molecule has 0 aromatic rings. The highest BCUT2D eigenvalue weighted by molar-refractivity contribution is 5.83. The highest BCUT2D eigenvalue weighted by Crippen LogP contribution is 2.23. The first kappa shape index (κ1) is 14.1. The second-order valence-electron chi connectivity index (χ2n) is 4.82. The van der Waals surface area contributed by atoms with Gasteiger partial charge in [-0.15, -0.1) is 0 Å². The number of rotatable bonds is 4. The van der Waals surface area contributed by atoms with E-state index in [1.54, 1.807) is 0 Å². The minimum atomic E-state index is -1.03. The number of aliphatic carboxylic acids is 1. The van der Waals surface area contributed by atoms with E-state index in [4.69, 9.17) is 14.6 Å². The number of nitrogens with zero attached hydrogens (tertiary/aromatic N) is 1. The molecule has 0 aromatic carbocycles. The molecule has 0 spiro atoms. The number of hydrogen-bond acceptors (Lipinski definition) is 4. The molecule has 2 fully saturated rings. The summed E-state index contributed by atoms with van der Waals surface area (Å²) in [5.41, 5.74) is 0. The molecule has 0 aromatic heterocycles. The van der Waals surface area contributed by atoms with Crippen LogP contribution < -0.4 is 5.32 Å². The molecule has 2 N–H and O–H groups in total. The molecule has 2 aliphatic rings. The Bertz CT molecular complexity index is 343.